The van der Waals surface area contributed by atoms with Gasteiger partial charge < -0.3 is 5.11 Å². The van der Waals surface area contributed by atoms with E-state index in [1.807, 2.05) is 0 Å². The van der Waals surface area contributed by atoms with Crippen LogP contribution in [-0.2, 0) is 34.0 Å². The molecule has 0 heterocycles. The predicted molar refractivity (Wildman–Crippen MR) is 79.2 cm³/mol. The average molecular weight is 384 g/mol. The average Bonchev–Trinajstić information content (AvgIpc) is 2.22. The second-order valence-corrected chi connectivity index (χ2v) is 6.21. The van der Waals surface area contributed by atoms with Gasteiger partial charge in [0, 0.05) is 0 Å². The fourth-order valence-corrected chi connectivity index (χ4v) is 1.05. The number of hydrogen-bond acceptors (Lipinski definition) is 10. The third-order valence-corrected chi connectivity index (χ3v) is 1.85. The molecule has 0 aromatic heterocycles. The van der Waals surface area contributed by atoms with Crippen LogP contribution >= 0.6 is 0 Å². The van der Waals surface area contributed by atoms with Crippen molar-refractivity contribution in [2.45, 2.75) is 46.8 Å². The van der Waals surface area contributed by atoms with Crippen molar-refractivity contribution in [2.75, 3.05) is 6.79 Å². The van der Waals surface area contributed by atoms with E-state index < -0.39 is 39.3 Å². The molecule has 0 atom stereocenters. The molecule has 142 valence electrons. The van der Waals surface area contributed by atoms with Crippen LogP contribution in [0.4, 0.5) is 0 Å². The van der Waals surface area contributed by atoms with Gasteiger partial charge in [-0.3, -0.25) is 13.9 Å². The van der Waals surface area contributed by atoms with Crippen molar-refractivity contribution in [3.05, 3.63) is 0 Å². The van der Waals surface area contributed by atoms with E-state index in [4.69, 9.17) is 27.9 Å². The van der Waals surface area contributed by atoms with Crippen LogP contribution < -0.4 is 5.90 Å². The summed E-state index contributed by atoms with van der Waals surface area (Å²) in [5.74, 6) is 4.52. The molecule has 0 saturated heterocycles. The minimum atomic E-state index is -4.67. The fourth-order valence-electron chi connectivity index (χ4n) is 0.350. The van der Waals surface area contributed by atoms with Gasteiger partial charge in [0.05, 0.1) is 12.2 Å². The van der Waals surface area contributed by atoms with Gasteiger partial charge in [0.1, 0.15) is 5.60 Å². The monoisotopic (exact) mass is 384 g/mol. The number of nitrogens with two attached hydrogens (primary N) is 1. The Morgan fingerprint density at radius 1 is 1.22 bits per heavy atom. The van der Waals surface area contributed by atoms with E-state index in [0.717, 1.165) is 0 Å². The molecule has 0 amide bonds. The Morgan fingerprint density at radius 3 is 1.70 bits per heavy atom. The molecular weight excluding hydrogens is 360 g/mol. The second kappa shape index (κ2) is 13.5. The van der Waals surface area contributed by atoms with E-state index in [9.17, 15) is 8.42 Å². The first-order valence-corrected chi connectivity index (χ1v) is 8.00. The highest BCUT2D eigenvalue weighted by Gasteiger charge is 2.13. The molecule has 23 heavy (non-hydrogen) atoms. The summed E-state index contributed by atoms with van der Waals surface area (Å²) >= 11 is 0. The van der Waals surface area contributed by atoms with Crippen molar-refractivity contribution in [1.82, 2.24) is 0 Å². The molecule has 0 aliphatic heterocycles. The third-order valence-electron chi connectivity index (χ3n) is 0.844. The van der Waals surface area contributed by atoms with E-state index in [0.29, 0.717) is 0 Å². The maximum atomic E-state index is 10.6. The first-order chi connectivity index (χ1) is 9.54. The van der Waals surface area contributed by atoms with Gasteiger partial charge in [-0.15, -0.1) is 0 Å². The van der Waals surface area contributed by atoms with Crippen LogP contribution in [0.2, 0.25) is 0 Å². The molecule has 0 rings (SSSR count). The molecule has 0 aliphatic rings. The first kappa shape index (κ1) is 30.0. The summed E-state index contributed by atoms with van der Waals surface area (Å²) in [7, 11) is -8.61. The van der Waals surface area contributed by atoms with Crippen molar-refractivity contribution < 1.29 is 44.3 Å². The van der Waals surface area contributed by atoms with Crippen LogP contribution in [0.3, 0.4) is 0 Å². The minimum Gasteiger partial charge on any atom is -0.376 e. The molecule has 0 radical (unpaired) electrons. The summed E-state index contributed by atoms with van der Waals surface area (Å²) in [5.41, 5.74) is -1.15. The molecule has 0 aliphatic carbocycles. The van der Waals surface area contributed by atoms with E-state index in [-0.39, 0.29) is 7.43 Å². The molecular formula is C9H24N2O10S2. The zero-order valence-electron chi connectivity index (χ0n) is 12.3. The van der Waals surface area contributed by atoms with E-state index >= 15 is 0 Å². The number of aliphatic hydroxyl groups is 1. The van der Waals surface area contributed by atoms with Gasteiger partial charge in [0.15, 0.2) is 6.79 Å². The highest BCUT2D eigenvalue weighted by molar-refractivity contribution is 7.81. The van der Waals surface area contributed by atoms with Crippen LogP contribution in [0.15, 0.2) is 0 Å². The Hall–Kier alpha value is -0.890. The Balaban J connectivity index is -0.000000128. The molecule has 0 spiro atoms. The Bertz CT molecular complexity index is 508. The predicted octanol–water partition coefficient (Wildman–Crippen LogP) is -0.215. The second-order valence-electron chi connectivity index (χ2n) is 4.07. The van der Waals surface area contributed by atoms with Crippen molar-refractivity contribution in [2.24, 2.45) is 5.90 Å². The summed E-state index contributed by atoms with van der Waals surface area (Å²) in [6, 6.07) is 1.66. The summed E-state index contributed by atoms with van der Waals surface area (Å²) in [5, 5.41) is 16.4. The van der Waals surface area contributed by atoms with Crippen LogP contribution in [-0.4, -0.2) is 49.5 Å². The summed E-state index contributed by atoms with van der Waals surface area (Å²) in [6.45, 7) is 5.45. The highest BCUT2D eigenvalue weighted by Crippen LogP contribution is 2.00. The Morgan fingerprint density at radius 2 is 1.52 bits per heavy atom. The van der Waals surface area contributed by atoms with Crippen molar-refractivity contribution in [3.63, 3.8) is 0 Å². The van der Waals surface area contributed by atoms with Crippen molar-refractivity contribution >= 4 is 20.8 Å². The largest absolute Gasteiger partial charge is 0.402 e. The standard InChI is InChI=1S/C4H11NO5S.C4H7NO.CH4.H2O4S/c1-4(2)10-11(6,7)9-3-8-5;1-4(2,6)3-5;;1-5(2,3)4/h4H,3,5H2,1-2H3;6H,1-2H3;1H4;(H2,1,2,3,4). The number of nitriles is 1. The molecule has 0 unspecified atom stereocenters. The molecule has 5 N–H and O–H groups in total. The topological polar surface area (TPSA) is 206 Å². The van der Waals surface area contributed by atoms with Gasteiger partial charge in [0.2, 0.25) is 0 Å². The Labute approximate surface area is 136 Å². The molecule has 14 heteroatoms. The van der Waals surface area contributed by atoms with Gasteiger partial charge >= 0.3 is 20.8 Å². The van der Waals surface area contributed by atoms with Gasteiger partial charge in [-0.05, 0) is 27.7 Å². The van der Waals surface area contributed by atoms with Crippen LogP contribution in [0.5, 0.6) is 0 Å². The summed E-state index contributed by atoms with van der Waals surface area (Å²) in [4.78, 5) is 3.88. The van der Waals surface area contributed by atoms with Crippen LogP contribution in [0, 0.1) is 11.3 Å². The summed E-state index contributed by atoms with van der Waals surface area (Å²) in [6.07, 6.45) is -0.460. The summed E-state index contributed by atoms with van der Waals surface area (Å²) < 4.78 is 61.3. The normalized spacial score (nSPS) is 11.1. The van der Waals surface area contributed by atoms with Gasteiger partial charge in [-0.2, -0.15) is 22.1 Å². The van der Waals surface area contributed by atoms with Gasteiger partial charge in [0.25, 0.3) is 0 Å². The maximum absolute atomic E-state index is 10.6. The maximum Gasteiger partial charge on any atom is 0.402 e. The first-order valence-electron chi connectivity index (χ1n) is 5.27. The van der Waals surface area contributed by atoms with E-state index in [1.165, 1.54) is 13.8 Å². The lowest BCUT2D eigenvalue weighted by Gasteiger charge is -2.06. The zero-order chi connectivity index (χ0) is 18.6. The quantitative estimate of drug-likeness (QED) is 0.210. The highest BCUT2D eigenvalue weighted by atomic mass is 32.3. The number of hydrogen-bond donors (Lipinski definition) is 4. The van der Waals surface area contributed by atoms with E-state index in [2.05, 4.69) is 19.1 Å². The third kappa shape index (κ3) is 52.6. The SMILES string of the molecule is C.CC(C)(O)C#N.CC(C)OS(=O)(=O)OCON.O=S(=O)(O)O. The molecule has 0 saturated carbocycles. The molecule has 0 bridgehead atoms. The van der Waals surface area contributed by atoms with Crippen LogP contribution in [0.25, 0.3) is 0 Å². The lowest BCUT2D eigenvalue weighted by Crippen LogP contribution is -2.17. The zero-order valence-corrected chi connectivity index (χ0v) is 14.0. The molecule has 12 nitrogen and oxygen atoms in total. The van der Waals surface area contributed by atoms with Crippen LogP contribution in [0.1, 0.15) is 35.1 Å². The van der Waals surface area contributed by atoms with Crippen molar-refractivity contribution in [3.8, 4) is 6.07 Å². The molecule has 0 aromatic rings. The van der Waals surface area contributed by atoms with Gasteiger partial charge in [-0.1, -0.05) is 7.43 Å². The van der Waals surface area contributed by atoms with E-state index in [1.54, 1.807) is 19.9 Å². The lowest BCUT2D eigenvalue weighted by molar-refractivity contribution is 0.00548. The smallest absolute Gasteiger partial charge is 0.376 e. The number of rotatable bonds is 5. The molecule has 0 aromatic carbocycles. The Kier molecular flexibility index (Phi) is 17.7. The minimum absolute atomic E-state index is 0. The van der Waals surface area contributed by atoms with Crippen molar-refractivity contribution in [1.29, 1.82) is 5.26 Å². The molecule has 0 fully saturated rings. The van der Waals surface area contributed by atoms with Gasteiger partial charge in [-0.25, -0.2) is 14.3 Å². The number of nitrogens with zero attached hydrogens (tertiary/aromatic N) is 1. The fraction of sp³-hybridized carbons (Fsp3) is 0.889. The lowest BCUT2D eigenvalue weighted by atomic mass is 10.2.